The molecule has 0 unspecified atom stereocenters. The monoisotopic (exact) mass is 1350 g/mol. The number of hydrogen-bond donors (Lipinski definition) is 0. The summed E-state index contributed by atoms with van der Waals surface area (Å²) in [5.41, 5.74) is 18.7. The number of benzene rings is 15. The molecule has 0 N–H and O–H groups in total. The minimum absolute atomic E-state index is 0.362. The van der Waals surface area contributed by atoms with Crippen LogP contribution >= 0.6 is 0 Å². The molecule has 0 heterocycles. The second-order valence-electron chi connectivity index (χ2n) is 26.9. The van der Waals surface area contributed by atoms with Crippen molar-refractivity contribution in [1.82, 2.24) is 0 Å². The van der Waals surface area contributed by atoms with Gasteiger partial charge in [-0.3, -0.25) is 0 Å². The average molecular weight is 1350 g/mol. The Kier molecular flexibility index (Phi) is 18.3. The van der Waals surface area contributed by atoms with Crippen molar-refractivity contribution in [3.05, 3.63) is 394 Å². The number of aryl methyl sites for hydroxylation is 6. The number of rotatable bonds is 18. The van der Waals surface area contributed by atoms with Gasteiger partial charge in [0, 0.05) is 55.7 Å². The predicted octanol–water partition coefficient (Wildman–Crippen LogP) is 24.4. The molecular weight excluding hydrogens is 1280 g/mol. The van der Waals surface area contributed by atoms with Gasteiger partial charge in [0.15, 0.2) is 0 Å². The van der Waals surface area contributed by atoms with Crippen LogP contribution in [-0.4, -0.2) is 17.9 Å². The normalized spacial score (nSPS) is 11.3. The van der Waals surface area contributed by atoms with Crippen LogP contribution in [0.1, 0.15) is 88.1 Å². The van der Waals surface area contributed by atoms with Gasteiger partial charge in [-0.15, -0.1) is 0 Å². The second kappa shape index (κ2) is 28.5. The van der Waals surface area contributed by atoms with Crippen molar-refractivity contribution in [1.29, 1.82) is 0 Å². The SMILES string of the molecule is Cc1ccc(N(c2ccc(C(=O)Oc3ccc(C(C)(c4ccc(OC(=O)c5ccc(N(c6ccc(C)cc6)c6cccc7c(C)cccc67)cc5)cc4)c4ccc(OC(=O)c5ccc(N(c6ccc(C)cc6)c6cccc7c(C)cccc67)cc5)cc4)cc3)cc2)c2cccc3c(C)cccc23)cc1. The first-order valence-corrected chi connectivity index (χ1v) is 35.0. The van der Waals surface area contributed by atoms with Gasteiger partial charge in [0.1, 0.15) is 17.2 Å². The van der Waals surface area contributed by atoms with E-state index >= 15 is 0 Å². The van der Waals surface area contributed by atoms with Gasteiger partial charge in [-0.2, -0.15) is 0 Å². The Labute approximate surface area is 606 Å². The first-order valence-electron chi connectivity index (χ1n) is 35.0. The van der Waals surface area contributed by atoms with Crippen LogP contribution in [0.15, 0.2) is 328 Å². The summed E-state index contributed by atoms with van der Waals surface area (Å²) in [5.74, 6) is -0.421. The molecule has 0 fully saturated rings. The highest BCUT2D eigenvalue weighted by Crippen LogP contribution is 2.45. The molecule has 9 heteroatoms. The van der Waals surface area contributed by atoms with Crippen molar-refractivity contribution in [3.63, 3.8) is 0 Å². The van der Waals surface area contributed by atoms with E-state index in [9.17, 15) is 14.4 Å². The zero-order valence-corrected chi connectivity index (χ0v) is 59.0. The van der Waals surface area contributed by atoms with Crippen LogP contribution in [0.5, 0.6) is 17.2 Å². The van der Waals surface area contributed by atoms with Gasteiger partial charge in [0.05, 0.1) is 33.8 Å². The van der Waals surface area contributed by atoms with Gasteiger partial charge >= 0.3 is 17.9 Å². The van der Waals surface area contributed by atoms with E-state index in [1.54, 1.807) is 72.8 Å². The summed E-state index contributed by atoms with van der Waals surface area (Å²) < 4.78 is 18.4. The quantitative estimate of drug-likeness (QED) is 0.0473. The van der Waals surface area contributed by atoms with Gasteiger partial charge in [0.2, 0.25) is 0 Å². The highest BCUT2D eigenvalue weighted by molar-refractivity contribution is 6.04. The third-order valence-electron chi connectivity index (χ3n) is 20.0. The number of fused-ring (bicyclic) bond motifs is 3. The molecule has 0 spiro atoms. The summed E-state index contributed by atoms with van der Waals surface area (Å²) in [6.07, 6.45) is 0. The molecule has 15 rings (SSSR count). The summed E-state index contributed by atoms with van der Waals surface area (Å²) in [5, 5.41) is 6.86. The standard InChI is InChI=1S/C95H75N3O6/c1-62-26-44-74(45-27-62)96(89-23-11-17-83-65(4)14-8-20-86(83)89)77-50-32-68(33-51-77)92(99)102-80-56-38-71(39-57-80)95(7,72-40-58-81(59-41-72)103-93(100)69-34-52-78(53-35-69)97(75-46-28-63(2)29-47-75)90-24-12-18-84-66(5)15-9-21-87(84)90)73-42-60-82(61-43-73)104-94(101)70-36-54-79(55-37-70)98(76-48-30-64(3)31-49-76)91-25-13-19-85-67(6)16-10-22-88(85)91/h8-61H,1-7H3. The van der Waals surface area contributed by atoms with Crippen LogP contribution in [0, 0.1) is 41.5 Å². The Morgan fingerprint density at radius 1 is 0.240 bits per heavy atom. The molecule has 0 saturated heterocycles. The summed E-state index contributed by atoms with van der Waals surface area (Å²) in [6, 6.07) is 109. The minimum Gasteiger partial charge on any atom is -0.423 e. The van der Waals surface area contributed by atoms with Gasteiger partial charge < -0.3 is 28.9 Å². The summed E-state index contributed by atoms with van der Waals surface area (Å²) in [7, 11) is 0. The van der Waals surface area contributed by atoms with Crippen molar-refractivity contribution in [2.24, 2.45) is 0 Å². The van der Waals surface area contributed by atoms with Crippen molar-refractivity contribution in [2.45, 2.75) is 53.9 Å². The van der Waals surface area contributed by atoms with Crippen LogP contribution < -0.4 is 28.9 Å². The zero-order valence-electron chi connectivity index (χ0n) is 59.0. The fourth-order valence-electron chi connectivity index (χ4n) is 14.1. The Balaban J connectivity index is 0.699. The lowest BCUT2D eigenvalue weighted by atomic mass is 9.71. The molecule has 15 aromatic rings. The maximum atomic E-state index is 14.1. The highest BCUT2D eigenvalue weighted by Gasteiger charge is 2.32. The van der Waals surface area contributed by atoms with Gasteiger partial charge in [-0.25, -0.2) is 14.4 Å². The molecule has 0 aliphatic carbocycles. The van der Waals surface area contributed by atoms with Crippen molar-refractivity contribution < 1.29 is 28.6 Å². The Morgan fingerprint density at radius 2 is 0.452 bits per heavy atom. The second-order valence-corrected chi connectivity index (χ2v) is 26.9. The molecule has 0 radical (unpaired) electrons. The Bertz CT molecular complexity index is 5120. The Hall–Kier alpha value is -13.1. The number of carbonyl (C=O) groups excluding carboxylic acids is 3. The molecular formula is C95H75N3O6. The van der Waals surface area contributed by atoms with Crippen LogP contribution in [-0.2, 0) is 5.41 Å². The lowest BCUT2D eigenvalue weighted by molar-refractivity contribution is 0.0725. The van der Waals surface area contributed by atoms with Crippen LogP contribution in [0.25, 0.3) is 32.3 Å². The number of esters is 3. The third kappa shape index (κ3) is 13.3. The third-order valence-corrected chi connectivity index (χ3v) is 20.0. The van der Waals surface area contributed by atoms with E-state index in [4.69, 9.17) is 14.2 Å². The van der Waals surface area contributed by atoms with E-state index in [1.807, 2.05) is 72.8 Å². The van der Waals surface area contributed by atoms with Crippen molar-refractivity contribution >= 4 is 101 Å². The van der Waals surface area contributed by atoms with E-state index in [0.29, 0.717) is 33.9 Å². The molecule has 0 aromatic heterocycles. The van der Waals surface area contributed by atoms with Crippen LogP contribution in [0.4, 0.5) is 51.2 Å². The first-order chi connectivity index (χ1) is 50.6. The van der Waals surface area contributed by atoms with Crippen molar-refractivity contribution in [2.75, 3.05) is 14.7 Å². The van der Waals surface area contributed by atoms with E-state index in [0.717, 1.165) is 101 Å². The van der Waals surface area contributed by atoms with Gasteiger partial charge in [0.25, 0.3) is 0 Å². The summed E-state index contributed by atoms with van der Waals surface area (Å²) >= 11 is 0. The Morgan fingerprint density at radius 3 is 0.692 bits per heavy atom. The smallest absolute Gasteiger partial charge is 0.343 e. The maximum Gasteiger partial charge on any atom is 0.343 e. The number of anilines is 9. The molecule has 104 heavy (non-hydrogen) atoms. The first kappa shape index (κ1) is 66.8. The average Bonchev–Trinajstić information content (AvgIpc) is 0.782. The molecule has 0 bridgehead atoms. The van der Waals surface area contributed by atoms with E-state index in [-0.39, 0.29) is 0 Å². The zero-order chi connectivity index (χ0) is 71.6. The summed E-state index contributed by atoms with van der Waals surface area (Å²) in [4.78, 5) is 49.0. The number of ether oxygens (including phenoxy) is 3. The van der Waals surface area contributed by atoms with Crippen LogP contribution in [0.3, 0.4) is 0 Å². The topological polar surface area (TPSA) is 88.6 Å². The van der Waals surface area contributed by atoms with Gasteiger partial charge in [-0.1, -0.05) is 180 Å². The molecule has 15 aromatic carbocycles. The summed E-state index contributed by atoms with van der Waals surface area (Å²) in [6.45, 7) is 14.7. The lowest BCUT2D eigenvalue weighted by Gasteiger charge is -2.32. The lowest BCUT2D eigenvalue weighted by Crippen LogP contribution is -2.25. The maximum absolute atomic E-state index is 14.1. The molecule has 0 aliphatic rings. The highest BCUT2D eigenvalue weighted by atomic mass is 16.5. The van der Waals surface area contributed by atoms with Gasteiger partial charge in [-0.05, 0) is 262 Å². The number of carbonyl (C=O) groups is 3. The largest absolute Gasteiger partial charge is 0.423 e. The molecule has 0 aliphatic heterocycles. The molecule has 0 saturated carbocycles. The van der Waals surface area contributed by atoms with Crippen molar-refractivity contribution in [3.8, 4) is 17.2 Å². The molecule has 0 atom stereocenters. The fourth-order valence-corrected chi connectivity index (χ4v) is 14.1. The predicted molar refractivity (Wildman–Crippen MR) is 424 cm³/mol. The van der Waals surface area contributed by atoms with Crippen LogP contribution in [0.2, 0.25) is 0 Å². The number of nitrogens with zero attached hydrogens (tertiary/aromatic N) is 3. The minimum atomic E-state index is -0.862. The van der Waals surface area contributed by atoms with E-state index in [1.165, 1.54) is 32.8 Å². The molecule has 506 valence electrons. The molecule has 0 amide bonds. The molecule has 9 nitrogen and oxygen atoms in total. The van der Waals surface area contributed by atoms with E-state index < -0.39 is 23.3 Å². The van der Waals surface area contributed by atoms with E-state index in [2.05, 4.69) is 245 Å². The number of hydrogen-bond acceptors (Lipinski definition) is 9. The fraction of sp³-hybridized carbons (Fsp3) is 0.0842.